The summed E-state index contributed by atoms with van der Waals surface area (Å²) in [4.78, 5) is 32.0. The number of hydrogen-bond acceptors (Lipinski definition) is 6. The highest BCUT2D eigenvalue weighted by molar-refractivity contribution is 5.92. The summed E-state index contributed by atoms with van der Waals surface area (Å²) in [6, 6.07) is 3.01. The summed E-state index contributed by atoms with van der Waals surface area (Å²) in [7, 11) is 0. The minimum Gasteiger partial charge on any atom is -0.379 e. The van der Waals surface area contributed by atoms with E-state index in [0.29, 0.717) is 38.4 Å². The van der Waals surface area contributed by atoms with Crippen LogP contribution in [0, 0.1) is 5.92 Å². The highest BCUT2D eigenvalue weighted by Crippen LogP contribution is 2.14. The molecule has 0 radical (unpaired) electrons. The minimum atomic E-state index is -0.185. The molecule has 0 spiro atoms. The van der Waals surface area contributed by atoms with Gasteiger partial charge in [0.15, 0.2) is 5.69 Å². The van der Waals surface area contributed by atoms with Gasteiger partial charge in [-0.15, -0.1) is 0 Å². The van der Waals surface area contributed by atoms with Gasteiger partial charge in [0.2, 0.25) is 0 Å². The molecule has 1 aliphatic rings. The summed E-state index contributed by atoms with van der Waals surface area (Å²) in [5.41, 5.74) is 0.790. The Kier molecular flexibility index (Phi) is 4.29. The lowest BCUT2D eigenvalue weighted by atomic mass is 10.0. The van der Waals surface area contributed by atoms with Gasteiger partial charge in [0.1, 0.15) is 6.26 Å². The van der Waals surface area contributed by atoms with E-state index in [1.54, 1.807) is 11.0 Å². The van der Waals surface area contributed by atoms with Crippen LogP contribution in [0.2, 0.25) is 0 Å². The van der Waals surface area contributed by atoms with Gasteiger partial charge in [-0.05, 0) is 6.42 Å². The van der Waals surface area contributed by atoms with E-state index in [4.69, 9.17) is 9.26 Å². The van der Waals surface area contributed by atoms with Crippen LogP contribution in [0.15, 0.2) is 34.0 Å². The van der Waals surface area contributed by atoms with Gasteiger partial charge in [-0.3, -0.25) is 9.59 Å². The molecule has 0 aliphatic carbocycles. The van der Waals surface area contributed by atoms with Crippen molar-refractivity contribution in [1.82, 2.24) is 20.0 Å². The number of amides is 1. The van der Waals surface area contributed by atoms with Gasteiger partial charge in [0.25, 0.3) is 11.5 Å². The number of hydrogen-bond donors (Lipinski definition) is 1. The van der Waals surface area contributed by atoms with Gasteiger partial charge in [-0.1, -0.05) is 5.16 Å². The van der Waals surface area contributed by atoms with E-state index in [-0.39, 0.29) is 23.1 Å². The molecule has 1 N–H and O–H groups in total. The van der Waals surface area contributed by atoms with Crippen LogP contribution in [0.3, 0.4) is 0 Å². The van der Waals surface area contributed by atoms with Crippen LogP contribution in [0.4, 0.5) is 0 Å². The lowest BCUT2D eigenvalue weighted by Crippen LogP contribution is -2.36. The zero-order valence-corrected chi connectivity index (χ0v) is 11.9. The third-order valence-corrected chi connectivity index (χ3v) is 3.51. The Labute approximate surface area is 126 Å². The second-order valence-corrected chi connectivity index (χ2v) is 5.18. The third-order valence-electron chi connectivity index (χ3n) is 3.51. The first-order chi connectivity index (χ1) is 10.7. The van der Waals surface area contributed by atoms with Gasteiger partial charge in [-0.25, -0.2) is 4.98 Å². The Morgan fingerprint density at radius 2 is 2.41 bits per heavy atom. The fourth-order valence-corrected chi connectivity index (χ4v) is 2.49. The Morgan fingerprint density at radius 1 is 1.50 bits per heavy atom. The molecule has 2 aromatic heterocycles. The molecular formula is C14H16N4O4. The van der Waals surface area contributed by atoms with Crippen LogP contribution in [0.5, 0.6) is 0 Å². The number of H-pyrrole nitrogens is 1. The first kappa shape index (κ1) is 14.5. The molecule has 0 bridgehead atoms. The first-order valence-electron chi connectivity index (χ1n) is 7.03. The zero-order chi connectivity index (χ0) is 15.4. The van der Waals surface area contributed by atoms with Crippen LogP contribution in [0.1, 0.15) is 16.2 Å². The van der Waals surface area contributed by atoms with Crippen LogP contribution < -0.4 is 5.56 Å². The SMILES string of the molecule is O=C(c1ccon1)N1CCOC[C@H](Cc2cc(=O)[nH]cn2)C1. The van der Waals surface area contributed by atoms with Gasteiger partial charge < -0.3 is 19.1 Å². The van der Waals surface area contributed by atoms with E-state index in [1.165, 1.54) is 18.7 Å². The molecule has 0 saturated carbocycles. The molecule has 8 heteroatoms. The van der Waals surface area contributed by atoms with E-state index in [1.807, 2.05) is 0 Å². The second-order valence-electron chi connectivity index (χ2n) is 5.18. The maximum atomic E-state index is 12.3. The van der Waals surface area contributed by atoms with Crippen LogP contribution >= 0.6 is 0 Å². The molecule has 1 aliphatic heterocycles. The molecule has 1 saturated heterocycles. The predicted molar refractivity (Wildman–Crippen MR) is 75.3 cm³/mol. The number of carbonyl (C=O) groups is 1. The quantitative estimate of drug-likeness (QED) is 0.862. The lowest BCUT2D eigenvalue weighted by molar-refractivity contribution is 0.0727. The van der Waals surface area contributed by atoms with Crippen molar-refractivity contribution >= 4 is 5.91 Å². The highest BCUT2D eigenvalue weighted by atomic mass is 16.5. The molecule has 22 heavy (non-hydrogen) atoms. The normalized spacial score (nSPS) is 18.9. The molecule has 2 aromatic rings. The summed E-state index contributed by atoms with van der Waals surface area (Å²) in [6.45, 7) is 2.03. The molecule has 116 valence electrons. The number of rotatable bonds is 3. The van der Waals surface area contributed by atoms with Crippen molar-refractivity contribution in [2.45, 2.75) is 6.42 Å². The Bertz CT molecular complexity index is 682. The molecule has 3 rings (SSSR count). The van der Waals surface area contributed by atoms with Crippen molar-refractivity contribution in [2.75, 3.05) is 26.3 Å². The standard InChI is InChI=1S/C14H16N4O4/c19-13-6-11(15-9-16-13)5-10-7-18(2-4-21-8-10)14(20)12-1-3-22-17-12/h1,3,6,9-10H,2,4-5,7-8H2,(H,15,16,19)/t10-/m1/s1. The van der Waals surface area contributed by atoms with Gasteiger partial charge >= 0.3 is 0 Å². The fourth-order valence-electron chi connectivity index (χ4n) is 2.49. The molecule has 1 fully saturated rings. The molecule has 3 heterocycles. The molecule has 0 unspecified atom stereocenters. The number of aromatic nitrogens is 3. The molecule has 1 amide bonds. The maximum Gasteiger partial charge on any atom is 0.276 e. The predicted octanol–water partition coefficient (Wildman–Crippen LogP) is 0.0892. The van der Waals surface area contributed by atoms with Crippen molar-refractivity contribution in [3.05, 3.63) is 46.5 Å². The largest absolute Gasteiger partial charge is 0.379 e. The van der Waals surface area contributed by atoms with Crippen molar-refractivity contribution in [1.29, 1.82) is 0 Å². The highest BCUT2D eigenvalue weighted by Gasteiger charge is 2.25. The number of aromatic amines is 1. The Morgan fingerprint density at radius 3 is 3.18 bits per heavy atom. The van der Waals surface area contributed by atoms with Crippen LogP contribution in [0.25, 0.3) is 0 Å². The summed E-state index contributed by atoms with van der Waals surface area (Å²) < 4.78 is 10.3. The summed E-state index contributed by atoms with van der Waals surface area (Å²) in [5.74, 6) is -0.101. The summed E-state index contributed by atoms with van der Waals surface area (Å²) in [6.07, 6.45) is 3.33. The van der Waals surface area contributed by atoms with E-state index in [2.05, 4.69) is 15.1 Å². The smallest absolute Gasteiger partial charge is 0.276 e. The first-order valence-corrected chi connectivity index (χ1v) is 7.03. The van der Waals surface area contributed by atoms with Gasteiger partial charge in [-0.2, -0.15) is 0 Å². The molecule has 0 aromatic carbocycles. The average Bonchev–Trinajstić information content (AvgIpc) is 2.94. The maximum absolute atomic E-state index is 12.3. The van der Waals surface area contributed by atoms with Crippen LogP contribution in [-0.4, -0.2) is 52.2 Å². The minimum absolute atomic E-state index is 0.0765. The molecular weight excluding hydrogens is 288 g/mol. The van der Waals surface area contributed by atoms with Crippen molar-refractivity contribution < 1.29 is 14.1 Å². The number of nitrogens with one attached hydrogen (secondary N) is 1. The Balaban J connectivity index is 1.70. The molecule has 1 atom stereocenters. The lowest BCUT2D eigenvalue weighted by Gasteiger charge is -2.22. The number of carbonyl (C=O) groups excluding carboxylic acids is 1. The van der Waals surface area contributed by atoms with E-state index >= 15 is 0 Å². The zero-order valence-electron chi connectivity index (χ0n) is 11.9. The second kappa shape index (κ2) is 6.52. The van der Waals surface area contributed by atoms with Crippen LogP contribution in [-0.2, 0) is 11.2 Å². The van der Waals surface area contributed by atoms with Crippen molar-refractivity contribution in [2.24, 2.45) is 5.92 Å². The molecule has 8 nitrogen and oxygen atoms in total. The van der Waals surface area contributed by atoms with Crippen molar-refractivity contribution in [3.63, 3.8) is 0 Å². The average molecular weight is 304 g/mol. The fraction of sp³-hybridized carbons (Fsp3) is 0.429. The third kappa shape index (κ3) is 3.40. The summed E-state index contributed by atoms with van der Waals surface area (Å²) >= 11 is 0. The monoisotopic (exact) mass is 304 g/mol. The topological polar surface area (TPSA) is 101 Å². The van der Waals surface area contributed by atoms with Gasteiger partial charge in [0.05, 0.1) is 19.5 Å². The Hall–Kier alpha value is -2.48. The van der Waals surface area contributed by atoms with E-state index in [0.717, 1.165) is 0 Å². The van der Waals surface area contributed by atoms with E-state index < -0.39 is 0 Å². The number of ether oxygens (including phenoxy) is 1. The van der Waals surface area contributed by atoms with Crippen molar-refractivity contribution in [3.8, 4) is 0 Å². The summed E-state index contributed by atoms with van der Waals surface area (Å²) in [5, 5.41) is 3.68. The van der Waals surface area contributed by atoms with E-state index in [9.17, 15) is 9.59 Å². The van der Waals surface area contributed by atoms with Gasteiger partial charge in [0, 0.05) is 36.8 Å². The number of nitrogens with zero attached hydrogens (tertiary/aromatic N) is 3.